The van der Waals surface area contributed by atoms with Crippen molar-refractivity contribution in [3.05, 3.63) is 11.8 Å². The number of methoxy groups -OCH3 is 1. The summed E-state index contributed by atoms with van der Waals surface area (Å²) < 4.78 is 4.78. The third kappa shape index (κ3) is 3.83. The average Bonchev–Trinajstić information content (AvgIpc) is 1.99. The molecule has 56 valence electrons. The van der Waals surface area contributed by atoms with Crippen molar-refractivity contribution < 1.29 is 4.74 Å². The van der Waals surface area contributed by atoms with Gasteiger partial charge in [-0.05, 0) is 12.5 Å². The lowest BCUT2D eigenvalue weighted by atomic mass is 10.4. The van der Waals surface area contributed by atoms with Crippen LogP contribution in [0, 0.1) is 5.41 Å². The van der Waals surface area contributed by atoms with Gasteiger partial charge in [0.25, 0.3) is 0 Å². The van der Waals surface area contributed by atoms with Gasteiger partial charge in [0.15, 0.2) is 5.90 Å². The molecule has 0 atom stereocenters. The molecule has 0 amide bonds. The van der Waals surface area contributed by atoms with Gasteiger partial charge in [-0.2, -0.15) is 0 Å². The first-order valence-electron chi connectivity index (χ1n) is 2.96. The van der Waals surface area contributed by atoms with Crippen molar-refractivity contribution in [3.63, 3.8) is 0 Å². The SMILES string of the molecule is CO/C(C)=N/C=C(/C)C=N. The minimum atomic E-state index is 0.598. The molecule has 0 fully saturated rings. The predicted octanol–water partition coefficient (Wildman–Crippen LogP) is 1.60. The molecule has 0 unspecified atom stereocenters. The standard InChI is InChI=1S/C7H12N2O/c1-6(4-8)5-9-7(2)10-3/h4-5,8H,1-3H3/b6-5-,8-4?,9-7+. The summed E-state index contributed by atoms with van der Waals surface area (Å²) >= 11 is 0. The summed E-state index contributed by atoms with van der Waals surface area (Å²) in [5, 5.41) is 6.81. The van der Waals surface area contributed by atoms with Crippen molar-refractivity contribution in [1.82, 2.24) is 0 Å². The molecule has 0 aromatic rings. The summed E-state index contributed by atoms with van der Waals surface area (Å²) in [4.78, 5) is 3.89. The van der Waals surface area contributed by atoms with E-state index in [1.54, 1.807) is 27.2 Å². The largest absolute Gasteiger partial charge is 0.484 e. The van der Waals surface area contributed by atoms with Crippen LogP contribution in [0.2, 0.25) is 0 Å². The van der Waals surface area contributed by atoms with Crippen molar-refractivity contribution in [2.75, 3.05) is 7.11 Å². The second kappa shape index (κ2) is 4.73. The zero-order valence-corrected chi connectivity index (χ0v) is 6.51. The third-order valence-corrected chi connectivity index (χ3v) is 0.973. The zero-order valence-electron chi connectivity index (χ0n) is 6.51. The summed E-state index contributed by atoms with van der Waals surface area (Å²) in [5.74, 6) is 0.598. The van der Waals surface area contributed by atoms with Crippen LogP contribution >= 0.6 is 0 Å². The van der Waals surface area contributed by atoms with Crippen molar-refractivity contribution in [1.29, 1.82) is 5.41 Å². The minimum absolute atomic E-state index is 0.598. The van der Waals surface area contributed by atoms with Crippen LogP contribution < -0.4 is 0 Å². The fourth-order valence-electron chi connectivity index (χ4n) is 0.283. The van der Waals surface area contributed by atoms with Crippen LogP contribution in [0.25, 0.3) is 0 Å². The van der Waals surface area contributed by atoms with Gasteiger partial charge in [-0.3, -0.25) is 0 Å². The second-order valence-corrected chi connectivity index (χ2v) is 1.87. The lowest BCUT2D eigenvalue weighted by Crippen LogP contribution is -1.91. The van der Waals surface area contributed by atoms with E-state index in [4.69, 9.17) is 10.1 Å². The predicted molar refractivity (Wildman–Crippen MR) is 42.7 cm³/mol. The lowest BCUT2D eigenvalue weighted by Gasteiger charge is -1.92. The Hall–Kier alpha value is -1.12. The number of hydrogen-bond donors (Lipinski definition) is 1. The van der Waals surface area contributed by atoms with E-state index >= 15 is 0 Å². The van der Waals surface area contributed by atoms with Gasteiger partial charge >= 0.3 is 0 Å². The maximum Gasteiger partial charge on any atom is 0.184 e. The van der Waals surface area contributed by atoms with Crippen LogP contribution in [-0.2, 0) is 4.74 Å². The summed E-state index contributed by atoms with van der Waals surface area (Å²) in [7, 11) is 1.56. The fourth-order valence-corrected chi connectivity index (χ4v) is 0.283. The molecular weight excluding hydrogens is 128 g/mol. The van der Waals surface area contributed by atoms with E-state index < -0.39 is 0 Å². The van der Waals surface area contributed by atoms with Gasteiger partial charge in [-0.1, -0.05) is 0 Å². The smallest absolute Gasteiger partial charge is 0.184 e. The molecule has 0 saturated carbocycles. The third-order valence-electron chi connectivity index (χ3n) is 0.973. The minimum Gasteiger partial charge on any atom is -0.484 e. The fraction of sp³-hybridized carbons (Fsp3) is 0.429. The molecule has 0 aromatic carbocycles. The Morgan fingerprint density at radius 3 is 2.50 bits per heavy atom. The highest BCUT2D eigenvalue weighted by Crippen LogP contribution is 1.88. The second-order valence-electron chi connectivity index (χ2n) is 1.87. The molecule has 10 heavy (non-hydrogen) atoms. The van der Waals surface area contributed by atoms with Crippen molar-refractivity contribution >= 4 is 12.1 Å². The number of nitrogens with zero attached hydrogens (tertiary/aromatic N) is 1. The first-order valence-corrected chi connectivity index (χ1v) is 2.96. The van der Waals surface area contributed by atoms with Gasteiger partial charge in [0.05, 0.1) is 7.11 Å². The summed E-state index contributed by atoms with van der Waals surface area (Å²) in [5.41, 5.74) is 0.802. The van der Waals surface area contributed by atoms with Crippen molar-refractivity contribution in [3.8, 4) is 0 Å². The highest BCUT2D eigenvalue weighted by Gasteiger charge is 1.82. The van der Waals surface area contributed by atoms with Gasteiger partial charge in [-0.15, -0.1) is 0 Å². The Kier molecular flexibility index (Phi) is 4.20. The molecule has 1 N–H and O–H groups in total. The van der Waals surface area contributed by atoms with E-state index in [0.29, 0.717) is 5.90 Å². The van der Waals surface area contributed by atoms with Crippen LogP contribution in [0.3, 0.4) is 0 Å². The number of nitrogens with one attached hydrogen (secondary N) is 1. The first kappa shape index (κ1) is 8.88. The van der Waals surface area contributed by atoms with Crippen LogP contribution in [0.4, 0.5) is 0 Å². The maximum atomic E-state index is 6.81. The normalized spacial score (nSPS) is 13.1. The molecule has 0 aliphatic heterocycles. The molecule has 0 aromatic heterocycles. The highest BCUT2D eigenvalue weighted by atomic mass is 16.5. The monoisotopic (exact) mass is 140 g/mol. The lowest BCUT2D eigenvalue weighted by molar-refractivity contribution is 0.400. The molecule has 0 radical (unpaired) electrons. The zero-order chi connectivity index (χ0) is 7.98. The van der Waals surface area contributed by atoms with Gasteiger partial charge < -0.3 is 10.1 Å². The van der Waals surface area contributed by atoms with Crippen molar-refractivity contribution in [2.45, 2.75) is 13.8 Å². The Bertz CT molecular complexity index is 170. The Balaban J connectivity index is 4.03. The molecule has 0 aliphatic carbocycles. The number of ether oxygens (including phenoxy) is 1. The van der Waals surface area contributed by atoms with Crippen LogP contribution in [0.5, 0.6) is 0 Å². The first-order chi connectivity index (χ1) is 4.70. The topological polar surface area (TPSA) is 45.4 Å². The molecule has 0 spiro atoms. The van der Waals surface area contributed by atoms with Crippen LogP contribution in [-0.4, -0.2) is 19.2 Å². The van der Waals surface area contributed by atoms with Gasteiger partial charge in [-0.25, -0.2) is 4.99 Å². The molecule has 0 saturated heterocycles. The Morgan fingerprint density at radius 1 is 1.50 bits per heavy atom. The highest BCUT2D eigenvalue weighted by molar-refractivity contribution is 5.77. The summed E-state index contributed by atoms with van der Waals surface area (Å²) in [6, 6.07) is 0. The molecule has 0 rings (SSSR count). The molecule has 3 heteroatoms. The van der Waals surface area contributed by atoms with Gasteiger partial charge in [0.1, 0.15) is 0 Å². The maximum absolute atomic E-state index is 6.81. The van der Waals surface area contributed by atoms with E-state index in [2.05, 4.69) is 4.99 Å². The molecule has 0 aliphatic rings. The van der Waals surface area contributed by atoms with Crippen LogP contribution in [0.15, 0.2) is 16.8 Å². The molecule has 0 bridgehead atoms. The van der Waals surface area contributed by atoms with E-state index in [1.807, 2.05) is 0 Å². The molecule has 0 heterocycles. The number of allylic oxidation sites excluding steroid dienone is 1. The van der Waals surface area contributed by atoms with Gasteiger partial charge in [0, 0.05) is 19.3 Å². The van der Waals surface area contributed by atoms with E-state index in [9.17, 15) is 0 Å². The molecule has 3 nitrogen and oxygen atoms in total. The van der Waals surface area contributed by atoms with E-state index in [-0.39, 0.29) is 0 Å². The van der Waals surface area contributed by atoms with Crippen molar-refractivity contribution in [2.24, 2.45) is 4.99 Å². The van der Waals surface area contributed by atoms with Gasteiger partial charge in [0.2, 0.25) is 0 Å². The Morgan fingerprint density at radius 2 is 2.10 bits per heavy atom. The number of aliphatic imine (C=N–C) groups is 1. The van der Waals surface area contributed by atoms with E-state index in [0.717, 1.165) is 5.57 Å². The van der Waals surface area contributed by atoms with E-state index in [1.165, 1.54) is 6.21 Å². The molecular formula is C7H12N2O. The number of rotatable bonds is 2. The Labute approximate surface area is 60.9 Å². The quantitative estimate of drug-likeness (QED) is 0.459. The summed E-state index contributed by atoms with van der Waals surface area (Å²) in [6.45, 7) is 3.56. The number of hydrogen-bond acceptors (Lipinski definition) is 3. The average molecular weight is 140 g/mol. The van der Waals surface area contributed by atoms with Crippen LogP contribution in [0.1, 0.15) is 13.8 Å². The summed E-state index contributed by atoms with van der Waals surface area (Å²) in [6.07, 6.45) is 2.83.